The minimum absolute atomic E-state index is 0.0225. The molecule has 3 heteroatoms. The van der Waals surface area contributed by atoms with E-state index in [0.717, 1.165) is 16.5 Å². The molecule has 2 aromatic rings. The van der Waals surface area contributed by atoms with Gasteiger partial charge in [-0.05, 0) is 37.6 Å². The van der Waals surface area contributed by atoms with Crippen LogP contribution in [0.5, 0.6) is 5.75 Å². The molecule has 2 unspecified atom stereocenters. The topological polar surface area (TPSA) is 21.3 Å². The average molecular weight is 274 g/mol. The number of hydrogen-bond donors (Lipinski definition) is 1. The maximum absolute atomic E-state index is 6.10. The Kier molecular flexibility index (Phi) is 3.11. The SMILES string of the molecule is Cc1ccc(C2Oc3ccc(Cl)cc3NC2C)cc1. The molecule has 0 radical (unpaired) electrons. The van der Waals surface area contributed by atoms with Gasteiger partial charge in [-0.2, -0.15) is 0 Å². The molecule has 0 aromatic heterocycles. The quantitative estimate of drug-likeness (QED) is 0.821. The zero-order valence-corrected chi connectivity index (χ0v) is 11.7. The van der Waals surface area contributed by atoms with Gasteiger partial charge in [-0.3, -0.25) is 0 Å². The van der Waals surface area contributed by atoms with Crippen molar-refractivity contribution in [3.63, 3.8) is 0 Å². The van der Waals surface area contributed by atoms with Gasteiger partial charge < -0.3 is 10.1 Å². The van der Waals surface area contributed by atoms with E-state index in [1.54, 1.807) is 0 Å². The Balaban J connectivity index is 1.93. The van der Waals surface area contributed by atoms with Crippen LogP contribution < -0.4 is 10.1 Å². The Morgan fingerprint density at radius 2 is 1.84 bits per heavy atom. The number of rotatable bonds is 1. The largest absolute Gasteiger partial charge is 0.481 e. The molecule has 1 N–H and O–H groups in total. The second-order valence-corrected chi connectivity index (χ2v) is 5.46. The highest BCUT2D eigenvalue weighted by atomic mass is 35.5. The third kappa shape index (κ3) is 2.41. The molecule has 0 aliphatic carbocycles. The van der Waals surface area contributed by atoms with Gasteiger partial charge >= 0.3 is 0 Å². The summed E-state index contributed by atoms with van der Waals surface area (Å²) >= 11 is 6.00. The van der Waals surface area contributed by atoms with Crippen molar-refractivity contribution in [2.75, 3.05) is 5.32 Å². The van der Waals surface area contributed by atoms with Gasteiger partial charge in [0, 0.05) is 5.02 Å². The maximum atomic E-state index is 6.10. The van der Waals surface area contributed by atoms with Crippen LogP contribution in [0, 0.1) is 6.92 Å². The normalized spacial score (nSPS) is 21.2. The van der Waals surface area contributed by atoms with Crippen molar-refractivity contribution in [1.82, 2.24) is 0 Å². The lowest BCUT2D eigenvalue weighted by Crippen LogP contribution is -2.32. The van der Waals surface area contributed by atoms with Crippen LogP contribution in [-0.2, 0) is 0 Å². The van der Waals surface area contributed by atoms with Crippen LogP contribution in [0.25, 0.3) is 0 Å². The first-order chi connectivity index (χ1) is 9.13. The monoisotopic (exact) mass is 273 g/mol. The van der Waals surface area contributed by atoms with Crippen molar-refractivity contribution in [3.8, 4) is 5.75 Å². The first kappa shape index (κ1) is 12.4. The summed E-state index contributed by atoms with van der Waals surface area (Å²) in [7, 11) is 0. The van der Waals surface area contributed by atoms with Crippen LogP contribution in [0.15, 0.2) is 42.5 Å². The molecule has 0 fully saturated rings. The lowest BCUT2D eigenvalue weighted by Gasteiger charge is -2.33. The predicted octanol–water partition coefficient (Wildman–Crippen LogP) is 4.58. The molecule has 1 heterocycles. The van der Waals surface area contributed by atoms with Crippen LogP contribution >= 0.6 is 11.6 Å². The van der Waals surface area contributed by atoms with E-state index in [1.807, 2.05) is 18.2 Å². The van der Waals surface area contributed by atoms with Crippen molar-refractivity contribution in [3.05, 3.63) is 58.6 Å². The third-order valence-electron chi connectivity index (χ3n) is 3.44. The van der Waals surface area contributed by atoms with Gasteiger partial charge in [0.25, 0.3) is 0 Å². The predicted molar refractivity (Wildman–Crippen MR) is 79.1 cm³/mol. The van der Waals surface area contributed by atoms with E-state index in [4.69, 9.17) is 16.3 Å². The number of ether oxygens (including phenoxy) is 1. The summed E-state index contributed by atoms with van der Waals surface area (Å²) in [5.41, 5.74) is 3.40. The number of halogens is 1. The van der Waals surface area contributed by atoms with Gasteiger partial charge in [-0.15, -0.1) is 0 Å². The molecule has 0 bridgehead atoms. The summed E-state index contributed by atoms with van der Waals surface area (Å²) in [5, 5.41) is 4.17. The molecule has 0 saturated carbocycles. The van der Waals surface area contributed by atoms with E-state index >= 15 is 0 Å². The lowest BCUT2D eigenvalue weighted by molar-refractivity contribution is 0.177. The van der Waals surface area contributed by atoms with Gasteiger partial charge in [-0.25, -0.2) is 0 Å². The van der Waals surface area contributed by atoms with Crippen LogP contribution in [0.2, 0.25) is 5.02 Å². The summed E-state index contributed by atoms with van der Waals surface area (Å²) in [4.78, 5) is 0. The van der Waals surface area contributed by atoms with E-state index in [2.05, 4.69) is 43.4 Å². The van der Waals surface area contributed by atoms with Gasteiger partial charge in [0.1, 0.15) is 11.9 Å². The molecule has 1 aliphatic rings. The zero-order chi connectivity index (χ0) is 13.4. The summed E-state index contributed by atoms with van der Waals surface area (Å²) < 4.78 is 6.10. The Bertz CT molecular complexity index is 594. The van der Waals surface area contributed by atoms with Crippen molar-refractivity contribution < 1.29 is 4.74 Å². The number of fused-ring (bicyclic) bond motifs is 1. The number of nitrogens with one attached hydrogen (secondary N) is 1. The van der Waals surface area contributed by atoms with E-state index in [0.29, 0.717) is 0 Å². The first-order valence-electron chi connectivity index (χ1n) is 6.43. The molecule has 2 nitrogen and oxygen atoms in total. The number of hydrogen-bond acceptors (Lipinski definition) is 2. The van der Waals surface area contributed by atoms with Crippen molar-refractivity contribution >= 4 is 17.3 Å². The summed E-state index contributed by atoms with van der Waals surface area (Å²) in [6.45, 7) is 4.21. The number of benzene rings is 2. The Hall–Kier alpha value is -1.67. The molecule has 0 amide bonds. The third-order valence-corrected chi connectivity index (χ3v) is 3.67. The Morgan fingerprint density at radius 3 is 2.58 bits per heavy atom. The van der Waals surface area contributed by atoms with E-state index in [1.165, 1.54) is 11.1 Å². The minimum atomic E-state index is 0.0225. The highest BCUT2D eigenvalue weighted by Gasteiger charge is 2.27. The minimum Gasteiger partial charge on any atom is -0.481 e. The smallest absolute Gasteiger partial charge is 0.144 e. The van der Waals surface area contributed by atoms with Crippen LogP contribution in [0.1, 0.15) is 24.2 Å². The molecule has 98 valence electrons. The molecular weight excluding hydrogens is 258 g/mol. The fourth-order valence-electron chi connectivity index (χ4n) is 2.39. The van der Waals surface area contributed by atoms with E-state index < -0.39 is 0 Å². The van der Waals surface area contributed by atoms with Crippen molar-refractivity contribution in [1.29, 1.82) is 0 Å². The van der Waals surface area contributed by atoms with Crippen LogP contribution in [-0.4, -0.2) is 6.04 Å². The number of aryl methyl sites for hydroxylation is 1. The van der Waals surface area contributed by atoms with Crippen LogP contribution in [0.3, 0.4) is 0 Å². The van der Waals surface area contributed by atoms with Crippen molar-refractivity contribution in [2.24, 2.45) is 0 Å². The second-order valence-electron chi connectivity index (χ2n) is 5.02. The Labute approximate surface area is 118 Å². The zero-order valence-electron chi connectivity index (χ0n) is 11.0. The molecular formula is C16H16ClNO. The van der Waals surface area contributed by atoms with Gasteiger partial charge in [0.15, 0.2) is 0 Å². The molecule has 0 saturated heterocycles. The molecule has 2 atom stereocenters. The molecule has 0 spiro atoms. The summed E-state index contributed by atoms with van der Waals surface area (Å²) in [6, 6.07) is 14.3. The molecule has 2 aromatic carbocycles. The average Bonchev–Trinajstić information content (AvgIpc) is 2.39. The van der Waals surface area contributed by atoms with Gasteiger partial charge in [0.05, 0.1) is 11.7 Å². The van der Waals surface area contributed by atoms with Crippen molar-refractivity contribution in [2.45, 2.75) is 26.0 Å². The second kappa shape index (κ2) is 4.78. The fraction of sp³-hybridized carbons (Fsp3) is 0.250. The Morgan fingerprint density at radius 1 is 1.11 bits per heavy atom. The first-order valence-corrected chi connectivity index (χ1v) is 6.80. The summed E-state index contributed by atoms with van der Waals surface area (Å²) in [5.74, 6) is 0.855. The standard InChI is InChI=1S/C16H16ClNO/c1-10-3-5-12(6-4-10)16-11(2)18-14-9-13(17)7-8-15(14)19-16/h3-9,11,16,18H,1-2H3. The van der Waals surface area contributed by atoms with E-state index in [9.17, 15) is 0 Å². The van der Waals surface area contributed by atoms with Gasteiger partial charge in [-0.1, -0.05) is 41.4 Å². The molecule has 19 heavy (non-hydrogen) atoms. The highest BCUT2D eigenvalue weighted by Crippen LogP contribution is 2.38. The highest BCUT2D eigenvalue weighted by molar-refractivity contribution is 6.30. The van der Waals surface area contributed by atoms with E-state index in [-0.39, 0.29) is 12.1 Å². The lowest BCUT2D eigenvalue weighted by atomic mass is 10.00. The molecule has 1 aliphatic heterocycles. The summed E-state index contributed by atoms with van der Waals surface area (Å²) in [6.07, 6.45) is 0.0225. The van der Waals surface area contributed by atoms with Crippen LogP contribution in [0.4, 0.5) is 5.69 Å². The fourth-order valence-corrected chi connectivity index (χ4v) is 2.56. The molecule has 3 rings (SSSR count). The van der Waals surface area contributed by atoms with Gasteiger partial charge in [0.2, 0.25) is 0 Å². The number of anilines is 1. The maximum Gasteiger partial charge on any atom is 0.144 e.